The maximum Gasteiger partial charge on any atom is 0.146 e. The first-order valence-corrected chi connectivity index (χ1v) is 10.7. The summed E-state index contributed by atoms with van der Waals surface area (Å²) < 4.78 is 20.2. The number of fused-ring (bicyclic) bond motifs is 1. The summed E-state index contributed by atoms with van der Waals surface area (Å²) in [6.07, 6.45) is 3.96. The first-order valence-electron chi connectivity index (χ1n) is 10.7. The summed E-state index contributed by atoms with van der Waals surface area (Å²) in [5.74, 6) is 1.08. The number of nitrogens with one attached hydrogen (secondary N) is 1. The van der Waals surface area contributed by atoms with Crippen molar-refractivity contribution in [3.05, 3.63) is 59.5 Å². The van der Waals surface area contributed by atoms with E-state index in [4.69, 9.17) is 4.74 Å². The highest BCUT2D eigenvalue weighted by Crippen LogP contribution is 2.39. The highest BCUT2D eigenvalue weighted by atomic mass is 19.1. The van der Waals surface area contributed by atoms with E-state index in [0.717, 1.165) is 53.8 Å². The van der Waals surface area contributed by atoms with E-state index >= 15 is 0 Å². The van der Waals surface area contributed by atoms with Crippen LogP contribution in [0.25, 0.3) is 10.9 Å². The lowest BCUT2D eigenvalue weighted by atomic mass is 9.87. The molecule has 2 aromatic carbocycles. The van der Waals surface area contributed by atoms with Crippen LogP contribution in [0.2, 0.25) is 0 Å². The molecule has 1 aromatic heterocycles. The molecule has 1 saturated heterocycles. The van der Waals surface area contributed by atoms with E-state index in [1.54, 1.807) is 25.4 Å². The first-order chi connectivity index (χ1) is 14.5. The Morgan fingerprint density at radius 1 is 1.10 bits per heavy atom. The molecule has 0 bridgehead atoms. The number of hydrogen-bond acceptors (Lipinski definition) is 4. The number of ether oxygens (including phenoxy) is 1. The van der Waals surface area contributed by atoms with Gasteiger partial charge in [-0.05, 0) is 88.0 Å². The smallest absolute Gasteiger partial charge is 0.146 e. The zero-order valence-electron chi connectivity index (χ0n) is 18.2. The number of hydrogen-bond donors (Lipinski definition) is 1. The van der Waals surface area contributed by atoms with Crippen LogP contribution in [-0.4, -0.2) is 36.1 Å². The van der Waals surface area contributed by atoms with Crippen molar-refractivity contribution in [1.29, 1.82) is 0 Å². The predicted octanol–water partition coefficient (Wildman–Crippen LogP) is 6.02. The van der Waals surface area contributed by atoms with Crippen LogP contribution in [0.15, 0.2) is 42.6 Å². The topological polar surface area (TPSA) is 37.4 Å². The SMILES string of the molecule is COc1cc2nccc(Nc3ccc(C)cc3F)c2cc1C1CCN(C(C)C)CC1. The number of nitrogens with zero attached hydrogens (tertiary/aromatic N) is 2. The van der Waals surface area contributed by atoms with Crippen molar-refractivity contribution < 1.29 is 9.13 Å². The lowest BCUT2D eigenvalue weighted by Crippen LogP contribution is -2.37. The van der Waals surface area contributed by atoms with E-state index in [-0.39, 0.29) is 5.82 Å². The molecule has 3 aromatic rings. The number of aryl methyl sites for hydroxylation is 1. The molecule has 1 fully saturated rings. The second-order valence-corrected chi connectivity index (χ2v) is 8.48. The molecule has 5 heteroatoms. The van der Waals surface area contributed by atoms with Crippen LogP contribution in [0.4, 0.5) is 15.8 Å². The predicted molar refractivity (Wildman–Crippen MR) is 121 cm³/mol. The highest BCUT2D eigenvalue weighted by molar-refractivity contribution is 5.94. The minimum Gasteiger partial charge on any atom is -0.496 e. The molecule has 0 radical (unpaired) electrons. The van der Waals surface area contributed by atoms with E-state index in [1.165, 1.54) is 5.56 Å². The molecule has 0 amide bonds. The number of rotatable bonds is 5. The van der Waals surface area contributed by atoms with Gasteiger partial charge in [-0.15, -0.1) is 0 Å². The Morgan fingerprint density at radius 2 is 1.87 bits per heavy atom. The van der Waals surface area contributed by atoms with Gasteiger partial charge in [0.25, 0.3) is 0 Å². The second-order valence-electron chi connectivity index (χ2n) is 8.48. The highest BCUT2D eigenvalue weighted by Gasteiger charge is 2.25. The van der Waals surface area contributed by atoms with Crippen LogP contribution in [0.1, 0.15) is 43.7 Å². The van der Waals surface area contributed by atoms with E-state index < -0.39 is 0 Å². The van der Waals surface area contributed by atoms with Crippen molar-refractivity contribution in [1.82, 2.24) is 9.88 Å². The van der Waals surface area contributed by atoms with Gasteiger partial charge in [-0.1, -0.05) is 6.07 Å². The van der Waals surface area contributed by atoms with E-state index in [9.17, 15) is 4.39 Å². The Hall–Kier alpha value is -2.66. The van der Waals surface area contributed by atoms with Crippen molar-refractivity contribution in [3.8, 4) is 5.75 Å². The fraction of sp³-hybridized carbons (Fsp3) is 0.400. The van der Waals surface area contributed by atoms with Crippen LogP contribution in [0.5, 0.6) is 5.75 Å². The number of methoxy groups -OCH3 is 1. The maximum absolute atomic E-state index is 14.4. The second kappa shape index (κ2) is 8.60. The van der Waals surface area contributed by atoms with E-state index in [0.29, 0.717) is 17.6 Å². The lowest BCUT2D eigenvalue weighted by molar-refractivity contribution is 0.171. The largest absolute Gasteiger partial charge is 0.496 e. The van der Waals surface area contributed by atoms with Gasteiger partial charge in [0.15, 0.2) is 0 Å². The van der Waals surface area contributed by atoms with Gasteiger partial charge in [-0.25, -0.2) is 4.39 Å². The summed E-state index contributed by atoms with van der Waals surface area (Å²) in [6, 6.07) is 11.9. The van der Waals surface area contributed by atoms with Crippen molar-refractivity contribution in [3.63, 3.8) is 0 Å². The number of aromatic nitrogens is 1. The molecule has 0 spiro atoms. The van der Waals surface area contributed by atoms with Crippen molar-refractivity contribution >= 4 is 22.3 Å². The zero-order valence-corrected chi connectivity index (χ0v) is 18.2. The van der Waals surface area contributed by atoms with Gasteiger partial charge < -0.3 is 15.0 Å². The van der Waals surface area contributed by atoms with Crippen LogP contribution in [0.3, 0.4) is 0 Å². The molecule has 1 N–H and O–H groups in total. The molecule has 158 valence electrons. The molecule has 4 rings (SSSR count). The van der Waals surface area contributed by atoms with Gasteiger partial charge in [-0.2, -0.15) is 0 Å². The number of halogens is 1. The van der Waals surface area contributed by atoms with Gasteiger partial charge in [0.2, 0.25) is 0 Å². The lowest BCUT2D eigenvalue weighted by Gasteiger charge is -2.35. The van der Waals surface area contributed by atoms with Gasteiger partial charge in [0.05, 0.1) is 18.3 Å². The minimum absolute atomic E-state index is 0.255. The molecule has 1 aliphatic heterocycles. The van der Waals surface area contributed by atoms with E-state index in [1.807, 2.05) is 25.1 Å². The molecule has 2 heterocycles. The summed E-state index contributed by atoms with van der Waals surface area (Å²) in [4.78, 5) is 7.05. The minimum atomic E-state index is -0.255. The summed E-state index contributed by atoms with van der Waals surface area (Å²) in [7, 11) is 1.72. The molecular formula is C25H30FN3O. The summed E-state index contributed by atoms with van der Waals surface area (Å²) in [5.41, 5.74) is 4.28. The average Bonchev–Trinajstić information content (AvgIpc) is 2.75. The molecule has 0 atom stereocenters. The number of likely N-dealkylation sites (tertiary alicyclic amines) is 1. The van der Waals surface area contributed by atoms with Crippen LogP contribution in [0, 0.1) is 12.7 Å². The molecular weight excluding hydrogens is 377 g/mol. The summed E-state index contributed by atoms with van der Waals surface area (Å²) >= 11 is 0. The Morgan fingerprint density at radius 3 is 2.53 bits per heavy atom. The maximum atomic E-state index is 14.4. The average molecular weight is 408 g/mol. The third kappa shape index (κ3) is 4.12. The molecule has 0 unspecified atom stereocenters. The Balaban J connectivity index is 1.70. The van der Waals surface area contributed by atoms with Gasteiger partial charge in [0, 0.05) is 29.4 Å². The Bertz CT molecular complexity index is 1040. The third-order valence-electron chi connectivity index (χ3n) is 6.19. The van der Waals surface area contributed by atoms with Crippen molar-refractivity contribution in [2.75, 3.05) is 25.5 Å². The van der Waals surface area contributed by atoms with Gasteiger partial charge >= 0.3 is 0 Å². The van der Waals surface area contributed by atoms with Gasteiger partial charge in [-0.3, -0.25) is 4.98 Å². The number of anilines is 2. The first kappa shape index (κ1) is 20.6. The van der Waals surface area contributed by atoms with Crippen LogP contribution >= 0.6 is 0 Å². The Kier molecular flexibility index (Phi) is 5.91. The fourth-order valence-electron chi connectivity index (χ4n) is 4.39. The molecule has 1 aliphatic rings. The standard InChI is InChI=1S/C25H30FN3O/c1-16(2)29-11-8-18(9-12-29)19-14-20-22(7-10-27-24(20)15-25(19)30-4)28-23-6-5-17(3)13-21(23)26/h5-7,10,13-16,18H,8-9,11-12H2,1-4H3,(H,27,28). The molecule has 0 saturated carbocycles. The molecule has 0 aliphatic carbocycles. The Labute approximate surface area is 178 Å². The van der Waals surface area contributed by atoms with Crippen LogP contribution in [-0.2, 0) is 0 Å². The van der Waals surface area contributed by atoms with Crippen LogP contribution < -0.4 is 10.1 Å². The monoisotopic (exact) mass is 407 g/mol. The summed E-state index contributed by atoms with van der Waals surface area (Å²) in [5, 5.41) is 4.25. The van der Waals surface area contributed by atoms with Crippen molar-refractivity contribution in [2.24, 2.45) is 0 Å². The normalized spacial score (nSPS) is 15.7. The third-order valence-corrected chi connectivity index (χ3v) is 6.19. The van der Waals surface area contributed by atoms with Crippen molar-refractivity contribution in [2.45, 2.75) is 45.6 Å². The molecule has 4 nitrogen and oxygen atoms in total. The number of pyridine rings is 1. The summed E-state index contributed by atoms with van der Waals surface area (Å²) in [6.45, 7) is 8.58. The van der Waals surface area contributed by atoms with Gasteiger partial charge in [0.1, 0.15) is 11.6 Å². The number of benzene rings is 2. The number of piperidine rings is 1. The molecule has 30 heavy (non-hydrogen) atoms. The van der Waals surface area contributed by atoms with E-state index in [2.05, 4.69) is 35.1 Å². The quantitative estimate of drug-likeness (QED) is 0.561. The zero-order chi connectivity index (χ0) is 21.3. The fourth-order valence-corrected chi connectivity index (χ4v) is 4.39.